The molecule has 0 atom stereocenters. The Balaban J connectivity index is 2.39. The SMILES string of the molecule is Cc1cc(C)cc(N(C)C(=O)c2cc(Cl)c(N)c(Cl)c2)c1. The largest absolute Gasteiger partial charge is 0.396 e. The molecule has 2 N–H and O–H groups in total. The second-order valence-electron chi connectivity index (χ2n) is 5.06. The highest BCUT2D eigenvalue weighted by Gasteiger charge is 2.17. The molecule has 0 spiro atoms. The highest BCUT2D eigenvalue weighted by molar-refractivity contribution is 6.39. The fourth-order valence-electron chi connectivity index (χ4n) is 2.16. The Bertz CT molecular complexity index is 670. The maximum Gasteiger partial charge on any atom is 0.258 e. The third-order valence-electron chi connectivity index (χ3n) is 3.22. The molecule has 0 fully saturated rings. The molecule has 1 amide bonds. The molecule has 0 unspecified atom stereocenters. The standard InChI is InChI=1S/C16H16Cl2N2O/c1-9-4-10(2)6-12(5-9)20(3)16(21)11-7-13(17)15(19)14(18)8-11/h4-8H,19H2,1-3H3. The van der Waals surface area contributed by atoms with Crippen LogP contribution in [0.1, 0.15) is 21.5 Å². The predicted octanol–water partition coefficient (Wildman–Crippen LogP) is 4.47. The summed E-state index contributed by atoms with van der Waals surface area (Å²) in [5.41, 5.74) is 9.39. The minimum absolute atomic E-state index is 0.191. The first-order valence-corrected chi connectivity index (χ1v) is 7.16. The van der Waals surface area contributed by atoms with Gasteiger partial charge in [-0.05, 0) is 49.2 Å². The summed E-state index contributed by atoms with van der Waals surface area (Å²) in [4.78, 5) is 14.1. The predicted molar refractivity (Wildman–Crippen MR) is 89.5 cm³/mol. The van der Waals surface area contributed by atoms with Gasteiger partial charge in [0.15, 0.2) is 0 Å². The molecule has 0 radical (unpaired) electrons. The number of nitrogens with zero attached hydrogens (tertiary/aromatic N) is 1. The lowest BCUT2D eigenvalue weighted by atomic mass is 10.1. The zero-order valence-corrected chi connectivity index (χ0v) is 13.6. The van der Waals surface area contributed by atoms with Crippen LogP contribution in [0.4, 0.5) is 11.4 Å². The minimum atomic E-state index is -0.191. The number of nitrogens with two attached hydrogens (primary N) is 1. The van der Waals surface area contributed by atoms with Crippen LogP contribution >= 0.6 is 23.2 Å². The first kappa shape index (κ1) is 15.7. The number of anilines is 2. The van der Waals surface area contributed by atoms with Gasteiger partial charge >= 0.3 is 0 Å². The van der Waals surface area contributed by atoms with E-state index in [0.717, 1.165) is 16.8 Å². The summed E-state index contributed by atoms with van der Waals surface area (Å²) in [6.07, 6.45) is 0. The van der Waals surface area contributed by atoms with Crippen LogP contribution in [-0.4, -0.2) is 13.0 Å². The van der Waals surface area contributed by atoms with Crippen LogP contribution in [0.15, 0.2) is 30.3 Å². The van der Waals surface area contributed by atoms with Crippen molar-refractivity contribution in [2.75, 3.05) is 17.7 Å². The molecule has 110 valence electrons. The van der Waals surface area contributed by atoms with Crippen molar-refractivity contribution in [3.05, 3.63) is 57.1 Å². The summed E-state index contributed by atoms with van der Waals surface area (Å²) in [6.45, 7) is 3.98. The highest BCUT2D eigenvalue weighted by Crippen LogP contribution is 2.30. The smallest absolute Gasteiger partial charge is 0.258 e. The number of carbonyl (C=O) groups excluding carboxylic acids is 1. The van der Waals surface area contributed by atoms with Crippen LogP contribution in [0.5, 0.6) is 0 Å². The maximum atomic E-state index is 12.6. The summed E-state index contributed by atoms with van der Waals surface area (Å²) in [6, 6.07) is 9.02. The zero-order chi connectivity index (χ0) is 15.7. The quantitative estimate of drug-likeness (QED) is 0.829. The average molecular weight is 323 g/mol. The van der Waals surface area contributed by atoms with Crippen LogP contribution in [-0.2, 0) is 0 Å². The normalized spacial score (nSPS) is 10.5. The molecule has 3 nitrogen and oxygen atoms in total. The average Bonchev–Trinajstić information content (AvgIpc) is 2.41. The van der Waals surface area contributed by atoms with Crippen LogP contribution in [0.3, 0.4) is 0 Å². The second kappa shape index (κ2) is 5.96. The van der Waals surface area contributed by atoms with Crippen molar-refractivity contribution >= 4 is 40.5 Å². The van der Waals surface area contributed by atoms with Gasteiger partial charge < -0.3 is 10.6 Å². The Morgan fingerprint density at radius 2 is 1.48 bits per heavy atom. The second-order valence-corrected chi connectivity index (χ2v) is 5.88. The van der Waals surface area contributed by atoms with Crippen molar-refractivity contribution in [2.24, 2.45) is 0 Å². The molecule has 0 aliphatic heterocycles. The van der Waals surface area contributed by atoms with E-state index in [2.05, 4.69) is 6.07 Å². The number of nitrogen functional groups attached to an aromatic ring is 1. The Hall–Kier alpha value is -1.71. The van der Waals surface area contributed by atoms with E-state index >= 15 is 0 Å². The molecular weight excluding hydrogens is 307 g/mol. The van der Waals surface area contributed by atoms with Gasteiger partial charge in [0.25, 0.3) is 5.91 Å². The molecule has 21 heavy (non-hydrogen) atoms. The Morgan fingerprint density at radius 1 is 1.00 bits per heavy atom. The topological polar surface area (TPSA) is 46.3 Å². The first-order valence-electron chi connectivity index (χ1n) is 6.40. The fourth-order valence-corrected chi connectivity index (χ4v) is 2.65. The van der Waals surface area contributed by atoms with E-state index in [1.54, 1.807) is 11.9 Å². The van der Waals surface area contributed by atoms with E-state index in [1.165, 1.54) is 12.1 Å². The van der Waals surface area contributed by atoms with Gasteiger partial charge in [0.1, 0.15) is 0 Å². The summed E-state index contributed by atoms with van der Waals surface area (Å²) in [5, 5.41) is 0.555. The van der Waals surface area contributed by atoms with E-state index in [4.69, 9.17) is 28.9 Å². The van der Waals surface area contributed by atoms with Gasteiger partial charge in [-0.3, -0.25) is 4.79 Å². The van der Waals surface area contributed by atoms with E-state index in [9.17, 15) is 4.79 Å². The Morgan fingerprint density at radius 3 is 1.95 bits per heavy atom. The van der Waals surface area contributed by atoms with Crippen molar-refractivity contribution in [3.8, 4) is 0 Å². The van der Waals surface area contributed by atoms with E-state index in [0.29, 0.717) is 5.56 Å². The fraction of sp³-hybridized carbons (Fsp3) is 0.188. The van der Waals surface area contributed by atoms with Gasteiger partial charge in [-0.15, -0.1) is 0 Å². The molecule has 0 saturated heterocycles. The molecule has 0 saturated carbocycles. The van der Waals surface area contributed by atoms with Gasteiger partial charge in [0, 0.05) is 18.3 Å². The molecule has 2 aromatic carbocycles. The number of halogens is 2. The zero-order valence-electron chi connectivity index (χ0n) is 12.1. The number of benzene rings is 2. The molecule has 5 heteroatoms. The number of rotatable bonds is 2. The third kappa shape index (κ3) is 3.31. The first-order chi connectivity index (χ1) is 9.79. The Kier molecular flexibility index (Phi) is 4.45. The van der Waals surface area contributed by atoms with Crippen molar-refractivity contribution in [1.82, 2.24) is 0 Å². The molecule has 0 bridgehead atoms. The van der Waals surface area contributed by atoms with Crippen molar-refractivity contribution in [2.45, 2.75) is 13.8 Å². The van der Waals surface area contributed by atoms with Gasteiger partial charge in [0.05, 0.1) is 15.7 Å². The van der Waals surface area contributed by atoms with Crippen LogP contribution in [0, 0.1) is 13.8 Å². The maximum absolute atomic E-state index is 12.6. The van der Waals surface area contributed by atoms with Gasteiger partial charge in [-0.2, -0.15) is 0 Å². The van der Waals surface area contributed by atoms with E-state index < -0.39 is 0 Å². The molecule has 0 aromatic heterocycles. The van der Waals surface area contributed by atoms with Crippen LogP contribution < -0.4 is 10.6 Å². The monoisotopic (exact) mass is 322 g/mol. The molecular formula is C16H16Cl2N2O. The van der Waals surface area contributed by atoms with Gasteiger partial charge in [0.2, 0.25) is 0 Å². The lowest BCUT2D eigenvalue weighted by Crippen LogP contribution is -2.26. The van der Waals surface area contributed by atoms with Crippen molar-refractivity contribution in [1.29, 1.82) is 0 Å². The van der Waals surface area contributed by atoms with Crippen LogP contribution in [0.25, 0.3) is 0 Å². The van der Waals surface area contributed by atoms with Gasteiger partial charge in [-0.25, -0.2) is 0 Å². The number of amides is 1. The molecule has 0 aliphatic rings. The number of hydrogen-bond acceptors (Lipinski definition) is 2. The lowest BCUT2D eigenvalue weighted by molar-refractivity contribution is 0.0993. The Labute approximate surface area is 134 Å². The van der Waals surface area contributed by atoms with Gasteiger partial charge in [-0.1, -0.05) is 29.3 Å². The van der Waals surface area contributed by atoms with E-state index in [-0.39, 0.29) is 21.6 Å². The molecule has 2 rings (SSSR count). The third-order valence-corrected chi connectivity index (χ3v) is 3.85. The number of aryl methyl sites for hydroxylation is 2. The minimum Gasteiger partial charge on any atom is -0.396 e. The molecule has 2 aromatic rings. The van der Waals surface area contributed by atoms with Crippen molar-refractivity contribution < 1.29 is 4.79 Å². The molecule has 0 heterocycles. The van der Waals surface area contributed by atoms with E-state index in [1.807, 2.05) is 26.0 Å². The summed E-state index contributed by atoms with van der Waals surface area (Å²) in [5.74, 6) is -0.191. The lowest BCUT2D eigenvalue weighted by Gasteiger charge is -2.19. The summed E-state index contributed by atoms with van der Waals surface area (Å²) in [7, 11) is 1.72. The number of carbonyl (C=O) groups is 1. The highest BCUT2D eigenvalue weighted by atomic mass is 35.5. The summed E-state index contributed by atoms with van der Waals surface area (Å²) >= 11 is 12.0. The van der Waals surface area contributed by atoms with Crippen molar-refractivity contribution in [3.63, 3.8) is 0 Å². The summed E-state index contributed by atoms with van der Waals surface area (Å²) < 4.78 is 0. The molecule has 0 aliphatic carbocycles. The number of hydrogen-bond donors (Lipinski definition) is 1. The van der Waals surface area contributed by atoms with Crippen LogP contribution in [0.2, 0.25) is 10.0 Å².